The van der Waals surface area contributed by atoms with E-state index in [0.717, 1.165) is 6.07 Å². The molecule has 0 saturated heterocycles. The molecule has 0 amide bonds. The minimum atomic E-state index is -4.68. The number of Topliss-reactive ketones (excluding diaryl/α,β-unsaturated/α-hetero) is 1. The topological polar surface area (TPSA) is 66.8 Å². The average molecular weight is 385 g/mol. The molecule has 9 heteroatoms. The summed E-state index contributed by atoms with van der Waals surface area (Å²) < 4.78 is 56.8. The second-order valence-corrected chi connectivity index (χ2v) is 5.67. The van der Waals surface area contributed by atoms with E-state index in [1.54, 1.807) is 0 Å². The predicted octanol–water partition coefficient (Wildman–Crippen LogP) is 3.97. The van der Waals surface area contributed by atoms with Gasteiger partial charge in [0.15, 0.2) is 18.3 Å². The average Bonchev–Trinajstić information content (AvgIpc) is 2.58. The summed E-state index contributed by atoms with van der Waals surface area (Å²) in [5.74, 6) is -3.07. The smallest absolute Gasteiger partial charge is 0.416 e. The van der Waals surface area contributed by atoms with Crippen LogP contribution in [0.15, 0.2) is 42.5 Å². The summed E-state index contributed by atoms with van der Waals surface area (Å²) in [6.07, 6.45) is -4.68. The van der Waals surface area contributed by atoms with Crippen LogP contribution in [0.3, 0.4) is 0 Å². The summed E-state index contributed by atoms with van der Waals surface area (Å²) in [6.45, 7) is 0.767. The molecule has 0 aliphatic rings. The van der Waals surface area contributed by atoms with Gasteiger partial charge in [0.25, 0.3) is 0 Å². The molecule has 2 aromatic carbocycles. The number of hydrogen-bond acceptors (Lipinski definition) is 4. The van der Waals surface area contributed by atoms with Crippen LogP contribution < -0.4 is 9.64 Å². The Labute approximate surface area is 151 Å². The quantitative estimate of drug-likeness (QED) is 0.577. The molecule has 144 valence electrons. The highest BCUT2D eigenvalue weighted by atomic mass is 19.4. The van der Waals surface area contributed by atoms with E-state index in [-0.39, 0.29) is 24.6 Å². The number of rotatable bonds is 7. The van der Waals surface area contributed by atoms with Gasteiger partial charge in [0, 0.05) is 5.69 Å². The van der Waals surface area contributed by atoms with E-state index in [1.165, 1.54) is 36.1 Å². The predicted molar refractivity (Wildman–Crippen MR) is 88.3 cm³/mol. The van der Waals surface area contributed by atoms with Gasteiger partial charge in [-0.05, 0) is 43.3 Å². The van der Waals surface area contributed by atoms with Gasteiger partial charge in [-0.2, -0.15) is 13.2 Å². The molecular formula is C18H15F4NO4. The van der Waals surface area contributed by atoms with E-state index in [4.69, 9.17) is 9.84 Å². The Hall–Kier alpha value is -3.10. The van der Waals surface area contributed by atoms with Crippen molar-refractivity contribution in [1.29, 1.82) is 0 Å². The standard InChI is InChI=1S/C18H15F4NO4/c1-11(24)9-23(14-4-2-3-12(7-14)17(25)26)10-27-16-6-5-13(8-15(16)19)18(20,21)22/h2-8H,9-10H2,1H3,(H,25,26). The lowest BCUT2D eigenvalue weighted by Crippen LogP contribution is -2.32. The van der Waals surface area contributed by atoms with Gasteiger partial charge < -0.3 is 14.7 Å². The summed E-state index contributed by atoms with van der Waals surface area (Å²) in [4.78, 5) is 23.9. The maximum absolute atomic E-state index is 13.9. The van der Waals surface area contributed by atoms with E-state index in [2.05, 4.69) is 0 Å². The van der Waals surface area contributed by atoms with Gasteiger partial charge in [-0.15, -0.1) is 0 Å². The fourth-order valence-electron chi connectivity index (χ4n) is 2.26. The summed E-state index contributed by atoms with van der Waals surface area (Å²) in [5.41, 5.74) is -0.846. The van der Waals surface area contributed by atoms with Crippen molar-refractivity contribution in [3.05, 3.63) is 59.4 Å². The lowest BCUT2D eigenvalue weighted by molar-refractivity contribution is -0.137. The normalized spacial score (nSPS) is 11.1. The zero-order valence-electron chi connectivity index (χ0n) is 14.1. The van der Waals surface area contributed by atoms with Gasteiger partial charge in [-0.25, -0.2) is 9.18 Å². The molecule has 2 rings (SSSR count). The molecule has 0 heterocycles. The van der Waals surface area contributed by atoms with Crippen molar-refractivity contribution >= 4 is 17.4 Å². The Morgan fingerprint density at radius 1 is 1.15 bits per heavy atom. The van der Waals surface area contributed by atoms with Crippen molar-refractivity contribution in [2.75, 3.05) is 18.2 Å². The van der Waals surface area contributed by atoms with E-state index in [1.807, 2.05) is 0 Å². The maximum atomic E-state index is 13.9. The van der Waals surface area contributed by atoms with E-state index < -0.39 is 29.3 Å². The molecule has 0 spiro atoms. The third-order valence-corrected chi connectivity index (χ3v) is 3.51. The van der Waals surface area contributed by atoms with E-state index in [0.29, 0.717) is 17.8 Å². The number of halogens is 4. The van der Waals surface area contributed by atoms with Crippen molar-refractivity contribution in [1.82, 2.24) is 0 Å². The van der Waals surface area contributed by atoms with Crippen LogP contribution >= 0.6 is 0 Å². The van der Waals surface area contributed by atoms with Crippen molar-refractivity contribution < 1.29 is 37.0 Å². The monoisotopic (exact) mass is 385 g/mol. The van der Waals surface area contributed by atoms with Gasteiger partial charge in [-0.3, -0.25) is 4.79 Å². The molecule has 27 heavy (non-hydrogen) atoms. The van der Waals surface area contributed by atoms with Crippen LogP contribution in [-0.4, -0.2) is 30.1 Å². The van der Waals surface area contributed by atoms with Crippen LogP contribution in [0.25, 0.3) is 0 Å². The summed E-state index contributed by atoms with van der Waals surface area (Å²) in [7, 11) is 0. The molecule has 0 aliphatic carbocycles. The van der Waals surface area contributed by atoms with E-state index in [9.17, 15) is 27.2 Å². The van der Waals surface area contributed by atoms with Crippen LogP contribution in [0.4, 0.5) is 23.2 Å². The highest BCUT2D eigenvalue weighted by Gasteiger charge is 2.31. The first kappa shape index (κ1) is 20.2. The highest BCUT2D eigenvalue weighted by molar-refractivity contribution is 5.89. The highest BCUT2D eigenvalue weighted by Crippen LogP contribution is 2.32. The molecule has 0 aliphatic heterocycles. The minimum absolute atomic E-state index is 0.0261. The lowest BCUT2D eigenvalue weighted by Gasteiger charge is -2.24. The van der Waals surface area contributed by atoms with Crippen LogP contribution in [0, 0.1) is 5.82 Å². The molecule has 0 atom stereocenters. The molecule has 0 fully saturated rings. The van der Waals surface area contributed by atoms with Crippen LogP contribution in [0.2, 0.25) is 0 Å². The first-order valence-corrected chi connectivity index (χ1v) is 7.65. The fourth-order valence-corrected chi connectivity index (χ4v) is 2.26. The number of alkyl halides is 3. The Morgan fingerprint density at radius 3 is 2.41 bits per heavy atom. The number of anilines is 1. The molecule has 5 nitrogen and oxygen atoms in total. The Morgan fingerprint density at radius 2 is 1.85 bits per heavy atom. The number of ether oxygens (including phenoxy) is 1. The first-order valence-electron chi connectivity index (χ1n) is 7.65. The van der Waals surface area contributed by atoms with Crippen LogP contribution in [-0.2, 0) is 11.0 Å². The van der Waals surface area contributed by atoms with Gasteiger partial charge in [-0.1, -0.05) is 6.07 Å². The molecule has 0 saturated carbocycles. The number of carbonyl (C=O) groups is 2. The zero-order chi connectivity index (χ0) is 20.2. The molecular weight excluding hydrogens is 370 g/mol. The van der Waals surface area contributed by atoms with Gasteiger partial charge >= 0.3 is 12.1 Å². The largest absolute Gasteiger partial charge is 0.478 e. The van der Waals surface area contributed by atoms with Crippen molar-refractivity contribution in [2.45, 2.75) is 13.1 Å². The number of ketones is 1. The summed E-state index contributed by atoms with van der Waals surface area (Å²) in [5, 5.41) is 9.05. The molecule has 2 aromatic rings. The lowest BCUT2D eigenvalue weighted by atomic mass is 10.2. The minimum Gasteiger partial charge on any atom is -0.478 e. The molecule has 0 bridgehead atoms. The number of carbonyl (C=O) groups excluding carboxylic acids is 1. The Bertz CT molecular complexity index is 851. The summed E-state index contributed by atoms with van der Waals surface area (Å²) >= 11 is 0. The third kappa shape index (κ3) is 5.44. The van der Waals surface area contributed by atoms with Crippen LogP contribution in [0.1, 0.15) is 22.8 Å². The maximum Gasteiger partial charge on any atom is 0.416 e. The van der Waals surface area contributed by atoms with Crippen molar-refractivity contribution in [2.24, 2.45) is 0 Å². The van der Waals surface area contributed by atoms with Crippen molar-refractivity contribution in [3.63, 3.8) is 0 Å². The first-order chi connectivity index (χ1) is 12.6. The SMILES string of the molecule is CC(=O)CN(COc1ccc(C(F)(F)F)cc1F)c1cccc(C(=O)O)c1. The number of hydrogen-bond donors (Lipinski definition) is 1. The van der Waals surface area contributed by atoms with Crippen LogP contribution in [0.5, 0.6) is 5.75 Å². The molecule has 0 radical (unpaired) electrons. The fraction of sp³-hybridized carbons (Fsp3) is 0.222. The van der Waals surface area contributed by atoms with Gasteiger partial charge in [0.2, 0.25) is 0 Å². The zero-order valence-corrected chi connectivity index (χ0v) is 14.1. The van der Waals surface area contributed by atoms with Gasteiger partial charge in [0.05, 0.1) is 17.7 Å². The number of carboxylic acid groups (broad SMARTS) is 1. The summed E-state index contributed by atoms with van der Waals surface area (Å²) in [6, 6.07) is 7.49. The third-order valence-electron chi connectivity index (χ3n) is 3.51. The molecule has 0 unspecified atom stereocenters. The Kier molecular flexibility index (Phi) is 6.04. The van der Waals surface area contributed by atoms with E-state index >= 15 is 0 Å². The molecule has 0 aromatic heterocycles. The molecule has 1 N–H and O–H groups in total. The second kappa shape index (κ2) is 8.07. The van der Waals surface area contributed by atoms with Gasteiger partial charge in [0.1, 0.15) is 5.78 Å². The second-order valence-electron chi connectivity index (χ2n) is 5.67. The number of carboxylic acids is 1. The number of aromatic carboxylic acids is 1. The number of benzene rings is 2. The number of nitrogens with zero attached hydrogens (tertiary/aromatic N) is 1. The Balaban J connectivity index is 2.21. The van der Waals surface area contributed by atoms with Crippen molar-refractivity contribution in [3.8, 4) is 5.75 Å².